The molecule has 0 saturated heterocycles. The van der Waals surface area contributed by atoms with Crippen LogP contribution in [0.2, 0.25) is 0 Å². The molecule has 7 nitrogen and oxygen atoms in total. The molecule has 3 N–H and O–H groups in total. The van der Waals surface area contributed by atoms with Crippen LogP contribution < -0.4 is 10.6 Å². The first-order chi connectivity index (χ1) is 11.8. The third kappa shape index (κ3) is 4.84. The SMILES string of the molecule is CC(C)[C@H](NC(=O)OCC12C=CC=CC1CCC2)C(=O)NCC(=O)O. The Balaban J connectivity index is 1.89. The maximum absolute atomic E-state index is 12.2. The maximum Gasteiger partial charge on any atom is 0.407 e. The summed E-state index contributed by atoms with van der Waals surface area (Å²) in [5.74, 6) is -1.49. The van der Waals surface area contributed by atoms with E-state index in [1.807, 2.05) is 12.2 Å². The van der Waals surface area contributed by atoms with Crippen molar-refractivity contribution < 1.29 is 24.2 Å². The highest BCUT2D eigenvalue weighted by atomic mass is 16.5. The summed E-state index contributed by atoms with van der Waals surface area (Å²) in [6, 6.07) is -0.842. The Labute approximate surface area is 147 Å². The number of hydrogen-bond donors (Lipinski definition) is 3. The highest BCUT2D eigenvalue weighted by Gasteiger charge is 2.41. The molecule has 2 unspecified atom stereocenters. The van der Waals surface area contributed by atoms with Crippen LogP contribution in [0.4, 0.5) is 4.79 Å². The topological polar surface area (TPSA) is 105 Å². The molecule has 138 valence electrons. The predicted octanol–water partition coefficient (Wildman–Crippen LogP) is 1.85. The monoisotopic (exact) mass is 350 g/mol. The molecular formula is C18H26N2O5. The van der Waals surface area contributed by atoms with E-state index >= 15 is 0 Å². The molecule has 1 fully saturated rings. The number of nitrogens with one attached hydrogen (secondary N) is 2. The van der Waals surface area contributed by atoms with Crippen LogP contribution in [0.15, 0.2) is 24.3 Å². The molecule has 0 aromatic carbocycles. The summed E-state index contributed by atoms with van der Waals surface area (Å²) < 4.78 is 5.41. The fourth-order valence-electron chi connectivity index (χ4n) is 3.47. The van der Waals surface area contributed by atoms with Crippen molar-refractivity contribution in [2.24, 2.45) is 17.3 Å². The van der Waals surface area contributed by atoms with E-state index in [1.165, 1.54) is 0 Å². The molecule has 3 atom stereocenters. The van der Waals surface area contributed by atoms with Gasteiger partial charge in [-0.05, 0) is 24.7 Å². The Morgan fingerprint density at radius 2 is 2.08 bits per heavy atom. The standard InChI is InChI=1S/C18H26N2O5/c1-12(2)15(16(23)19-10-14(21)22)20-17(24)25-11-18-8-4-3-6-13(18)7-5-9-18/h3-4,6,8,12-13,15H,5,7,9-11H2,1-2H3,(H,19,23)(H,20,24)(H,21,22)/t13?,15-,18?/m0/s1. The van der Waals surface area contributed by atoms with Crippen LogP contribution in [0.25, 0.3) is 0 Å². The lowest BCUT2D eigenvalue weighted by atomic mass is 9.76. The molecule has 0 heterocycles. The number of carbonyl (C=O) groups excluding carboxylic acids is 2. The quantitative estimate of drug-likeness (QED) is 0.650. The van der Waals surface area contributed by atoms with Gasteiger partial charge in [0.2, 0.25) is 5.91 Å². The van der Waals surface area contributed by atoms with E-state index in [0.717, 1.165) is 19.3 Å². The van der Waals surface area contributed by atoms with Crippen LogP contribution in [0, 0.1) is 17.3 Å². The maximum atomic E-state index is 12.2. The molecule has 0 spiro atoms. The van der Waals surface area contributed by atoms with Crippen molar-refractivity contribution in [3.63, 3.8) is 0 Å². The number of fused-ring (bicyclic) bond motifs is 1. The van der Waals surface area contributed by atoms with Crippen LogP contribution in [0.1, 0.15) is 33.1 Å². The largest absolute Gasteiger partial charge is 0.480 e. The smallest absolute Gasteiger partial charge is 0.407 e. The Bertz CT molecular complexity index is 584. The van der Waals surface area contributed by atoms with Crippen molar-refractivity contribution in [2.75, 3.05) is 13.2 Å². The minimum atomic E-state index is -1.14. The summed E-state index contributed by atoms with van der Waals surface area (Å²) in [5.41, 5.74) is -0.148. The van der Waals surface area contributed by atoms with Crippen molar-refractivity contribution in [1.29, 1.82) is 0 Å². The zero-order chi connectivity index (χ0) is 18.4. The van der Waals surface area contributed by atoms with Gasteiger partial charge in [-0.3, -0.25) is 9.59 Å². The minimum absolute atomic E-state index is 0.148. The van der Waals surface area contributed by atoms with E-state index in [-0.39, 0.29) is 17.9 Å². The number of allylic oxidation sites excluding steroid dienone is 3. The number of amides is 2. The zero-order valence-electron chi connectivity index (χ0n) is 14.7. The average molecular weight is 350 g/mol. The van der Waals surface area contributed by atoms with Gasteiger partial charge in [-0.1, -0.05) is 44.6 Å². The number of hydrogen-bond acceptors (Lipinski definition) is 4. The first kappa shape index (κ1) is 19.0. The summed E-state index contributed by atoms with van der Waals surface area (Å²) in [6.07, 6.45) is 10.8. The number of aliphatic carboxylic acids is 1. The van der Waals surface area contributed by atoms with Gasteiger partial charge in [0.1, 0.15) is 19.2 Å². The van der Waals surface area contributed by atoms with E-state index in [0.29, 0.717) is 5.92 Å². The van der Waals surface area contributed by atoms with Gasteiger partial charge in [-0.25, -0.2) is 4.79 Å². The lowest BCUT2D eigenvalue weighted by Crippen LogP contribution is -2.51. The highest BCUT2D eigenvalue weighted by Crippen LogP contribution is 2.47. The molecule has 0 aromatic rings. The number of ether oxygens (including phenoxy) is 1. The van der Waals surface area contributed by atoms with Crippen LogP contribution in [0.3, 0.4) is 0 Å². The molecule has 2 rings (SSSR count). The van der Waals surface area contributed by atoms with Gasteiger partial charge in [0.05, 0.1) is 0 Å². The average Bonchev–Trinajstić information content (AvgIpc) is 2.99. The van der Waals surface area contributed by atoms with E-state index < -0.39 is 30.6 Å². The molecule has 2 aliphatic carbocycles. The second-order valence-electron chi connectivity index (χ2n) is 7.03. The van der Waals surface area contributed by atoms with Crippen LogP contribution in [-0.2, 0) is 14.3 Å². The lowest BCUT2D eigenvalue weighted by molar-refractivity contribution is -0.138. The van der Waals surface area contributed by atoms with Gasteiger partial charge in [-0.2, -0.15) is 0 Å². The van der Waals surface area contributed by atoms with Crippen molar-refractivity contribution in [3.8, 4) is 0 Å². The summed E-state index contributed by atoms with van der Waals surface area (Å²) in [6.45, 7) is 3.32. The third-order valence-corrected chi connectivity index (χ3v) is 4.89. The van der Waals surface area contributed by atoms with Gasteiger partial charge >= 0.3 is 12.1 Å². The van der Waals surface area contributed by atoms with E-state index in [4.69, 9.17) is 9.84 Å². The molecular weight excluding hydrogens is 324 g/mol. The van der Waals surface area contributed by atoms with Crippen molar-refractivity contribution >= 4 is 18.0 Å². The Morgan fingerprint density at radius 1 is 1.32 bits per heavy atom. The number of carbonyl (C=O) groups is 3. The normalized spacial score (nSPS) is 25.3. The molecule has 0 bridgehead atoms. The fraction of sp³-hybridized carbons (Fsp3) is 0.611. The minimum Gasteiger partial charge on any atom is -0.480 e. The van der Waals surface area contributed by atoms with E-state index in [9.17, 15) is 14.4 Å². The van der Waals surface area contributed by atoms with Crippen molar-refractivity contribution in [2.45, 2.75) is 39.2 Å². The Morgan fingerprint density at radius 3 is 2.76 bits per heavy atom. The molecule has 1 saturated carbocycles. The van der Waals surface area contributed by atoms with E-state index in [1.54, 1.807) is 13.8 Å². The first-order valence-corrected chi connectivity index (χ1v) is 8.63. The third-order valence-electron chi connectivity index (χ3n) is 4.89. The summed E-state index contributed by atoms with van der Waals surface area (Å²) >= 11 is 0. The number of carboxylic acids is 1. The second-order valence-corrected chi connectivity index (χ2v) is 7.03. The highest BCUT2D eigenvalue weighted by molar-refractivity contribution is 5.88. The summed E-state index contributed by atoms with van der Waals surface area (Å²) in [7, 11) is 0. The van der Waals surface area contributed by atoms with Crippen LogP contribution >= 0.6 is 0 Å². The van der Waals surface area contributed by atoms with Gasteiger partial charge in [0.25, 0.3) is 0 Å². The van der Waals surface area contributed by atoms with E-state index in [2.05, 4.69) is 22.8 Å². The number of carboxylic acid groups (broad SMARTS) is 1. The van der Waals surface area contributed by atoms with Gasteiger partial charge < -0.3 is 20.5 Å². The lowest BCUT2D eigenvalue weighted by Gasteiger charge is -2.32. The molecule has 25 heavy (non-hydrogen) atoms. The summed E-state index contributed by atoms with van der Waals surface area (Å²) in [4.78, 5) is 34.8. The van der Waals surface area contributed by atoms with Gasteiger partial charge in [0, 0.05) is 5.41 Å². The number of rotatable bonds is 7. The van der Waals surface area contributed by atoms with Crippen LogP contribution in [0.5, 0.6) is 0 Å². The van der Waals surface area contributed by atoms with Crippen molar-refractivity contribution in [3.05, 3.63) is 24.3 Å². The first-order valence-electron chi connectivity index (χ1n) is 8.63. The van der Waals surface area contributed by atoms with Gasteiger partial charge in [0.15, 0.2) is 0 Å². The van der Waals surface area contributed by atoms with Gasteiger partial charge in [-0.15, -0.1) is 0 Å². The second kappa shape index (κ2) is 8.18. The van der Waals surface area contributed by atoms with Crippen molar-refractivity contribution in [1.82, 2.24) is 10.6 Å². The molecule has 2 aliphatic rings. The molecule has 7 heteroatoms. The molecule has 0 aliphatic heterocycles. The zero-order valence-corrected chi connectivity index (χ0v) is 14.7. The number of alkyl carbamates (subject to hydrolysis) is 1. The summed E-state index contributed by atoms with van der Waals surface area (Å²) in [5, 5.41) is 13.5. The fourth-order valence-corrected chi connectivity index (χ4v) is 3.47. The molecule has 0 aromatic heterocycles. The predicted molar refractivity (Wildman–Crippen MR) is 91.8 cm³/mol. The molecule has 0 radical (unpaired) electrons. The molecule has 2 amide bonds. The Kier molecular flexibility index (Phi) is 6.22. The Hall–Kier alpha value is -2.31. The van der Waals surface area contributed by atoms with Crippen LogP contribution in [-0.4, -0.2) is 42.3 Å².